The topological polar surface area (TPSA) is 53.4 Å². The van der Waals surface area contributed by atoms with Crippen LogP contribution in [0.4, 0.5) is 0 Å². The minimum Gasteiger partial charge on any atom is -0.478 e. The smallest absolute Gasteiger partial charge is 0.335 e. The minimum absolute atomic E-state index is 0.369. The molecule has 0 saturated heterocycles. The third-order valence-electron chi connectivity index (χ3n) is 5.34. The van der Waals surface area contributed by atoms with Gasteiger partial charge in [0.25, 0.3) is 0 Å². The molecule has 2 aliphatic rings. The number of nitrogens with zero attached hydrogens (tertiary/aromatic N) is 2. The largest absolute Gasteiger partial charge is 0.478 e. The number of thiazole rings is 1. The number of hydrogen-bond donors (Lipinski definition) is 1. The maximum Gasteiger partial charge on any atom is 0.335 e. The molecule has 1 aliphatic heterocycles. The summed E-state index contributed by atoms with van der Waals surface area (Å²) in [6.07, 6.45) is 6.24. The van der Waals surface area contributed by atoms with Crippen molar-refractivity contribution in [2.75, 3.05) is 13.1 Å². The first-order chi connectivity index (χ1) is 11.6. The second kappa shape index (κ2) is 6.30. The molecule has 2 heterocycles. The lowest BCUT2D eigenvalue weighted by Crippen LogP contribution is -2.41. The molecule has 0 atom stereocenters. The highest BCUT2D eigenvalue weighted by molar-refractivity contribution is 7.15. The van der Waals surface area contributed by atoms with E-state index in [2.05, 4.69) is 4.90 Å². The van der Waals surface area contributed by atoms with Crippen LogP contribution in [0.5, 0.6) is 0 Å². The third kappa shape index (κ3) is 2.87. The van der Waals surface area contributed by atoms with Crippen molar-refractivity contribution in [3.05, 3.63) is 39.9 Å². The molecule has 2 aromatic rings. The van der Waals surface area contributed by atoms with Gasteiger partial charge in [-0.2, -0.15) is 0 Å². The second-order valence-corrected chi connectivity index (χ2v) is 7.93. The molecule has 1 aromatic heterocycles. The molecule has 1 saturated carbocycles. The van der Waals surface area contributed by atoms with Crippen LogP contribution in [0.3, 0.4) is 0 Å². The van der Waals surface area contributed by atoms with E-state index >= 15 is 0 Å². The van der Waals surface area contributed by atoms with Crippen LogP contribution >= 0.6 is 11.3 Å². The Bertz CT molecular complexity index is 754. The molecule has 126 valence electrons. The number of aryl methyl sites for hydroxylation is 1. The van der Waals surface area contributed by atoms with Crippen molar-refractivity contribution in [3.8, 4) is 10.6 Å². The molecule has 1 fully saturated rings. The molecular formula is C19H22N2O2S. The summed E-state index contributed by atoms with van der Waals surface area (Å²) in [6.45, 7) is 4.12. The van der Waals surface area contributed by atoms with E-state index < -0.39 is 5.97 Å². The molecule has 0 unspecified atom stereocenters. The van der Waals surface area contributed by atoms with Crippen molar-refractivity contribution in [2.24, 2.45) is 0 Å². The summed E-state index contributed by atoms with van der Waals surface area (Å²) in [6, 6.07) is 6.33. The Morgan fingerprint density at radius 2 is 2.08 bits per heavy atom. The zero-order valence-electron chi connectivity index (χ0n) is 13.9. The first-order valence-corrected chi connectivity index (χ1v) is 9.50. The number of carboxylic acid groups (broad SMARTS) is 1. The molecule has 0 radical (unpaired) electrons. The van der Waals surface area contributed by atoms with Gasteiger partial charge in [-0.25, -0.2) is 9.78 Å². The first kappa shape index (κ1) is 15.8. The van der Waals surface area contributed by atoms with Gasteiger partial charge >= 0.3 is 5.97 Å². The summed E-state index contributed by atoms with van der Waals surface area (Å²) in [5.41, 5.74) is 3.44. The highest BCUT2D eigenvalue weighted by Crippen LogP contribution is 2.33. The van der Waals surface area contributed by atoms with Crippen LogP contribution in [0, 0.1) is 6.92 Å². The number of aromatic nitrogens is 1. The molecule has 0 amide bonds. The monoisotopic (exact) mass is 342 g/mol. The van der Waals surface area contributed by atoms with Gasteiger partial charge in [-0.15, -0.1) is 11.3 Å². The van der Waals surface area contributed by atoms with Crippen molar-refractivity contribution < 1.29 is 9.90 Å². The normalized spacial score (nSPS) is 18.7. The number of hydrogen-bond acceptors (Lipinski definition) is 4. The molecule has 0 spiro atoms. The quantitative estimate of drug-likeness (QED) is 0.922. The van der Waals surface area contributed by atoms with Gasteiger partial charge in [-0.05, 0) is 43.9 Å². The molecule has 4 nitrogen and oxygen atoms in total. The van der Waals surface area contributed by atoms with Crippen molar-refractivity contribution >= 4 is 17.3 Å². The average Bonchev–Trinajstić information content (AvgIpc) is 2.82. The first-order valence-electron chi connectivity index (χ1n) is 8.69. The van der Waals surface area contributed by atoms with Crippen LogP contribution in [0.1, 0.15) is 45.8 Å². The number of carboxylic acids is 1. The van der Waals surface area contributed by atoms with Gasteiger partial charge in [0, 0.05) is 36.0 Å². The van der Waals surface area contributed by atoms with Crippen LogP contribution in [0.15, 0.2) is 18.2 Å². The highest BCUT2D eigenvalue weighted by Gasteiger charge is 2.27. The molecule has 0 bridgehead atoms. The Balaban J connectivity index is 1.55. The Morgan fingerprint density at radius 1 is 1.29 bits per heavy atom. The maximum atomic E-state index is 11.2. The van der Waals surface area contributed by atoms with E-state index in [1.54, 1.807) is 17.4 Å². The van der Waals surface area contributed by atoms with E-state index in [-0.39, 0.29) is 0 Å². The third-order valence-corrected chi connectivity index (χ3v) is 6.54. The van der Waals surface area contributed by atoms with E-state index in [0.717, 1.165) is 48.1 Å². The molecule has 1 aliphatic carbocycles. The predicted molar refractivity (Wildman–Crippen MR) is 95.9 cm³/mol. The average molecular weight is 342 g/mol. The SMILES string of the molecule is Cc1cc(-c2nc3c(s2)CCN(C2CCC2)CC3)ccc1C(=O)O. The van der Waals surface area contributed by atoms with Gasteiger partial charge < -0.3 is 5.11 Å². The summed E-state index contributed by atoms with van der Waals surface area (Å²) in [4.78, 5) is 20.1. The number of rotatable bonds is 3. The lowest BCUT2D eigenvalue weighted by atomic mass is 9.91. The van der Waals surface area contributed by atoms with Gasteiger partial charge in [0.15, 0.2) is 0 Å². The number of aromatic carboxylic acids is 1. The minimum atomic E-state index is -0.870. The summed E-state index contributed by atoms with van der Waals surface area (Å²) in [5.74, 6) is -0.870. The van der Waals surface area contributed by atoms with E-state index in [9.17, 15) is 4.79 Å². The number of benzene rings is 1. The van der Waals surface area contributed by atoms with Crippen molar-refractivity contribution in [1.82, 2.24) is 9.88 Å². The Labute approximate surface area is 146 Å². The van der Waals surface area contributed by atoms with Crippen LogP contribution in [0.25, 0.3) is 10.6 Å². The van der Waals surface area contributed by atoms with E-state index in [0.29, 0.717) is 5.56 Å². The van der Waals surface area contributed by atoms with E-state index in [4.69, 9.17) is 10.1 Å². The van der Waals surface area contributed by atoms with Gasteiger partial charge in [-0.1, -0.05) is 12.5 Å². The Hall–Kier alpha value is -1.72. The van der Waals surface area contributed by atoms with Crippen LogP contribution in [-0.2, 0) is 12.8 Å². The molecule has 24 heavy (non-hydrogen) atoms. The fourth-order valence-electron chi connectivity index (χ4n) is 3.66. The van der Waals surface area contributed by atoms with Gasteiger partial charge in [0.1, 0.15) is 5.01 Å². The summed E-state index contributed by atoms with van der Waals surface area (Å²) in [7, 11) is 0. The van der Waals surface area contributed by atoms with E-state index in [1.165, 1.54) is 29.8 Å². The van der Waals surface area contributed by atoms with Crippen LogP contribution in [-0.4, -0.2) is 40.1 Å². The van der Waals surface area contributed by atoms with Gasteiger partial charge in [0.2, 0.25) is 0 Å². The van der Waals surface area contributed by atoms with Crippen molar-refractivity contribution in [2.45, 2.75) is 45.1 Å². The van der Waals surface area contributed by atoms with Crippen LogP contribution < -0.4 is 0 Å². The van der Waals surface area contributed by atoms with Crippen molar-refractivity contribution in [3.63, 3.8) is 0 Å². The Kier molecular flexibility index (Phi) is 4.14. The molecule has 5 heteroatoms. The fourth-order valence-corrected chi connectivity index (χ4v) is 4.75. The van der Waals surface area contributed by atoms with Gasteiger partial charge in [-0.3, -0.25) is 4.90 Å². The number of fused-ring (bicyclic) bond motifs is 1. The lowest BCUT2D eigenvalue weighted by molar-refractivity contribution is 0.0696. The summed E-state index contributed by atoms with van der Waals surface area (Å²) >= 11 is 1.78. The highest BCUT2D eigenvalue weighted by atomic mass is 32.1. The fraction of sp³-hybridized carbons (Fsp3) is 0.474. The Morgan fingerprint density at radius 3 is 2.75 bits per heavy atom. The molecular weight excluding hydrogens is 320 g/mol. The van der Waals surface area contributed by atoms with E-state index in [1.807, 2.05) is 19.1 Å². The molecule has 4 rings (SSSR count). The second-order valence-electron chi connectivity index (χ2n) is 6.84. The molecule has 1 N–H and O–H groups in total. The zero-order valence-corrected chi connectivity index (χ0v) is 14.7. The summed E-state index contributed by atoms with van der Waals surface area (Å²) in [5, 5.41) is 10.2. The van der Waals surface area contributed by atoms with Gasteiger partial charge in [0.05, 0.1) is 11.3 Å². The predicted octanol–water partition coefficient (Wildman–Crippen LogP) is 3.77. The lowest BCUT2D eigenvalue weighted by Gasteiger charge is -2.36. The maximum absolute atomic E-state index is 11.2. The summed E-state index contributed by atoms with van der Waals surface area (Å²) < 4.78 is 0. The number of carbonyl (C=O) groups is 1. The van der Waals surface area contributed by atoms with Crippen LogP contribution in [0.2, 0.25) is 0 Å². The molecule has 1 aromatic carbocycles. The standard InChI is InChI=1S/C19H22N2O2S/c1-12-11-13(5-6-15(12)19(22)23)18-20-16-7-9-21(14-3-2-4-14)10-8-17(16)24-18/h5-6,11,14H,2-4,7-10H2,1H3,(H,22,23). The zero-order chi connectivity index (χ0) is 16.7. The van der Waals surface area contributed by atoms with Crippen molar-refractivity contribution in [1.29, 1.82) is 0 Å².